The zero-order chi connectivity index (χ0) is 21.7. The van der Waals surface area contributed by atoms with E-state index in [0.717, 1.165) is 15.3 Å². The summed E-state index contributed by atoms with van der Waals surface area (Å²) in [7, 11) is -3.53. The Balaban J connectivity index is 1.49. The smallest absolute Gasteiger partial charge is 0.236 e. The van der Waals surface area contributed by atoms with E-state index >= 15 is 0 Å². The Bertz CT molecular complexity index is 1030. The molecule has 1 amide bonds. The number of benzene rings is 1. The normalized spacial score (nSPS) is 15.6. The van der Waals surface area contributed by atoms with Gasteiger partial charge < -0.3 is 4.90 Å². The van der Waals surface area contributed by atoms with Crippen molar-refractivity contribution in [1.29, 1.82) is 0 Å². The Morgan fingerprint density at radius 1 is 1.03 bits per heavy atom. The van der Waals surface area contributed by atoms with E-state index in [1.807, 2.05) is 50.2 Å². The molecule has 6 nitrogen and oxygen atoms in total. The molecule has 0 spiro atoms. The van der Waals surface area contributed by atoms with E-state index in [1.165, 1.54) is 9.71 Å². The highest BCUT2D eigenvalue weighted by Gasteiger charge is 2.27. The van der Waals surface area contributed by atoms with Gasteiger partial charge in [-0.15, -0.1) is 11.3 Å². The van der Waals surface area contributed by atoms with E-state index in [-0.39, 0.29) is 37.6 Å². The monoisotopic (exact) mass is 446 g/mol. The molecule has 2 aromatic rings. The Kier molecular flexibility index (Phi) is 7.23. The van der Waals surface area contributed by atoms with Crippen molar-refractivity contribution < 1.29 is 18.0 Å². The lowest BCUT2D eigenvalue weighted by atomic mass is 10.1. The van der Waals surface area contributed by atoms with Gasteiger partial charge in [-0.2, -0.15) is 4.31 Å². The average molecular weight is 447 g/mol. The second-order valence-corrected chi connectivity index (χ2v) is 10.6. The van der Waals surface area contributed by atoms with Crippen LogP contribution < -0.4 is 0 Å². The van der Waals surface area contributed by atoms with Gasteiger partial charge in [0.1, 0.15) is 0 Å². The summed E-state index contributed by atoms with van der Waals surface area (Å²) in [5.41, 5.74) is 1.52. The maximum atomic E-state index is 12.5. The maximum Gasteiger partial charge on any atom is 0.236 e. The van der Waals surface area contributed by atoms with Crippen LogP contribution in [0.2, 0.25) is 0 Å². The van der Waals surface area contributed by atoms with Crippen LogP contribution in [0.4, 0.5) is 0 Å². The van der Waals surface area contributed by atoms with Crippen LogP contribution in [-0.2, 0) is 14.8 Å². The van der Waals surface area contributed by atoms with Gasteiger partial charge in [0.2, 0.25) is 15.9 Å². The zero-order valence-corrected chi connectivity index (χ0v) is 18.8. The first kappa shape index (κ1) is 22.4. The number of sulfonamides is 1. The summed E-state index contributed by atoms with van der Waals surface area (Å²) in [4.78, 5) is 28.6. The van der Waals surface area contributed by atoms with E-state index in [0.29, 0.717) is 18.7 Å². The molecule has 0 bridgehead atoms. The number of thiophene rings is 1. The van der Waals surface area contributed by atoms with Crippen molar-refractivity contribution in [1.82, 2.24) is 9.21 Å². The van der Waals surface area contributed by atoms with Gasteiger partial charge in [0.15, 0.2) is 5.78 Å². The van der Waals surface area contributed by atoms with Gasteiger partial charge in [-0.25, -0.2) is 8.42 Å². The van der Waals surface area contributed by atoms with Crippen LogP contribution in [-0.4, -0.2) is 55.5 Å². The predicted molar refractivity (Wildman–Crippen MR) is 120 cm³/mol. The van der Waals surface area contributed by atoms with Crippen LogP contribution in [0, 0.1) is 13.8 Å². The highest BCUT2D eigenvalue weighted by Crippen LogP contribution is 2.22. The molecule has 160 valence electrons. The first-order valence-corrected chi connectivity index (χ1v) is 12.2. The minimum atomic E-state index is -3.53. The van der Waals surface area contributed by atoms with Crippen molar-refractivity contribution in [3.05, 3.63) is 62.7 Å². The molecule has 1 saturated heterocycles. The van der Waals surface area contributed by atoms with E-state index in [9.17, 15) is 18.0 Å². The molecule has 1 aliphatic heterocycles. The van der Waals surface area contributed by atoms with Crippen LogP contribution in [0.1, 0.15) is 38.5 Å². The van der Waals surface area contributed by atoms with E-state index in [4.69, 9.17) is 0 Å². The maximum absolute atomic E-state index is 12.5. The number of carbonyl (C=O) groups excluding carboxylic acids is 2. The Morgan fingerprint density at radius 3 is 2.30 bits per heavy atom. The number of ketones is 1. The van der Waals surface area contributed by atoms with E-state index in [2.05, 4.69) is 0 Å². The summed E-state index contributed by atoms with van der Waals surface area (Å²) in [6.45, 7) is 5.05. The van der Waals surface area contributed by atoms with Crippen LogP contribution in [0.3, 0.4) is 0 Å². The van der Waals surface area contributed by atoms with Crippen molar-refractivity contribution in [2.24, 2.45) is 0 Å². The van der Waals surface area contributed by atoms with Crippen molar-refractivity contribution >= 4 is 39.1 Å². The summed E-state index contributed by atoms with van der Waals surface area (Å²) in [5.74, 6) is -0.123. The Morgan fingerprint density at radius 2 is 1.70 bits per heavy atom. The number of amides is 1. The van der Waals surface area contributed by atoms with Gasteiger partial charge in [0.05, 0.1) is 0 Å². The summed E-state index contributed by atoms with van der Waals surface area (Å²) in [5, 5.41) is 1.21. The number of Topliss-reactive ketones (excluding diaryl/α,β-unsaturated/α-hetero) is 1. The predicted octanol–water partition coefficient (Wildman–Crippen LogP) is 3.47. The number of piperazine rings is 1. The quantitative estimate of drug-likeness (QED) is 0.611. The third-order valence-electron chi connectivity index (χ3n) is 5.09. The SMILES string of the molecule is Cc1cc(C(=O)CCC(=O)N2CCN(S(=O)(=O)C=Cc3ccccc3)CC2)c(C)s1. The first-order chi connectivity index (χ1) is 14.3. The molecule has 0 unspecified atom stereocenters. The van der Waals surface area contributed by atoms with Gasteiger partial charge in [-0.3, -0.25) is 9.59 Å². The summed E-state index contributed by atoms with van der Waals surface area (Å²) in [6.07, 6.45) is 1.90. The van der Waals surface area contributed by atoms with Crippen LogP contribution in [0.25, 0.3) is 6.08 Å². The molecule has 8 heteroatoms. The molecule has 30 heavy (non-hydrogen) atoms. The summed E-state index contributed by atoms with van der Waals surface area (Å²) < 4.78 is 26.5. The summed E-state index contributed by atoms with van der Waals surface area (Å²) >= 11 is 1.58. The number of aryl methyl sites for hydroxylation is 2. The fraction of sp³-hybridized carbons (Fsp3) is 0.364. The molecule has 0 atom stereocenters. The lowest BCUT2D eigenvalue weighted by Crippen LogP contribution is -2.50. The molecule has 1 aromatic carbocycles. The molecular weight excluding hydrogens is 420 g/mol. The second-order valence-electron chi connectivity index (χ2n) is 7.29. The van der Waals surface area contributed by atoms with Crippen LogP contribution >= 0.6 is 11.3 Å². The van der Waals surface area contributed by atoms with E-state index < -0.39 is 10.0 Å². The molecule has 0 aliphatic carbocycles. The van der Waals surface area contributed by atoms with E-state index in [1.54, 1.807) is 22.3 Å². The fourth-order valence-corrected chi connectivity index (χ4v) is 5.54. The zero-order valence-electron chi connectivity index (χ0n) is 17.2. The number of carbonyl (C=O) groups is 2. The Hall–Kier alpha value is -2.29. The Labute approximate surface area is 181 Å². The molecule has 1 aliphatic rings. The topological polar surface area (TPSA) is 74.8 Å². The minimum Gasteiger partial charge on any atom is -0.340 e. The number of nitrogens with zero attached hydrogens (tertiary/aromatic N) is 2. The molecule has 2 heterocycles. The van der Waals surface area contributed by atoms with Gasteiger partial charge in [-0.1, -0.05) is 30.3 Å². The summed E-state index contributed by atoms with van der Waals surface area (Å²) in [6, 6.07) is 11.1. The second kappa shape index (κ2) is 9.68. The largest absolute Gasteiger partial charge is 0.340 e. The molecule has 3 rings (SSSR count). The van der Waals surface area contributed by atoms with Gasteiger partial charge >= 0.3 is 0 Å². The van der Waals surface area contributed by atoms with Crippen LogP contribution in [0.5, 0.6) is 0 Å². The highest BCUT2D eigenvalue weighted by molar-refractivity contribution is 7.92. The molecule has 0 radical (unpaired) electrons. The first-order valence-electron chi connectivity index (χ1n) is 9.87. The third kappa shape index (κ3) is 5.65. The number of hydrogen-bond acceptors (Lipinski definition) is 5. The lowest BCUT2D eigenvalue weighted by Gasteiger charge is -2.33. The highest BCUT2D eigenvalue weighted by atomic mass is 32.2. The lowest BCUT2D eigenvalue weighted by molar-refractivity contribution is -0.132. The van der Waals surface area contributed by atoms with Crippen molar-refractivity contribution in [3.8, 4) is 0 Å². The third-order valence-corrected chi connectivity index (χ3v) is 7.62. The van der Waals surface area contributed by atoms with Crippen molar-refractivity contribution in [2.45, 2.75) is 26.7 Å². The van der Waals surface area contributed by atoms with Crippen molar-refractivity contribution in [3.63, 3.8) is 0 Å². The molecule has 1 fully saturated rings. The molecule has 0 saturated carbocycles. The molecular formula is C22H26N2O4S2. The van der Waals surface area contributed by atoms with Gasteiger partial charge in [0.25, 0.3) is 0 Å². The average Bonchev–Trinajstić information content (AvgIpc) is 3.09. The van der Waals surface area contributed by atoms with Crippen LogP contribution in [0.15, 0.2) is 41.8 Å². The van der Waals surface area contributed by atoms with Gasteiger partial charge in [0, 0.05) is 59.7 Å². The number of rotatable bonds is 7. The number of hydrogen-bond donors (Lipinski definition) is 0. The standard InChI is InChI=1S/C22H26N2O4S2/c1-17-16-20(18(2)29-17)21(25)8-9-22(26)23-11-13-24(14-12-23)30(27,28)15-10-19-6-4-3-5-7-19/h3-7,10,15-16H,8-9,11-14H2,1-2H3. The molecule has 1 aromatic heterocycles. The minimum absolute atomic E-state index is 0.0162. The fourth-order valence-electron chi connectivity index (χ4n) is 3.43. The van der Waals surface area contributed by atoms with Crippen molar-refractivity contribution in [2.75, 3.05) is 26.2 Å². The molecule has 0 N–H and O–H groups in total. The van der Waals surface area contributed by atoms with Gasteiger partial charge in [-0.05, 0) is 31.6 Å².